The minimum atomic E-state index is -1.47. The van der Waals surface area contributed by atoms with E-state index in [4.69, 9.17) is 9.52 Å². The summed E-state index contributed by atoms with van der Waals surface area (Å²) in [6.07, 6.45) is 2.14. The van der Waals surface area contributed by atoms with Gasteiger partial charge in [0.25, 0.3) is 0 Å². The van der Waals surface area contributed by atoms with E-state index in [0.29, 0.717) is 5.58 Å². The van der Waals surface area contributed by atoms with Gasteiger partial charge in [-0.25, -0.2) is 9.59 Å². The molecule has 0 radical (unpaired) electrons. The highest BCUT2D eigenvalue weighted by molar-refractivity contribution is 6.83. The lowest BCUT2D eigenvalue weighted by molar-refractivity contribution is -0.131. The number of hydrogen-bond acceptors (Lipinski definition) is 3. The van der Waals surface area contributed by atoms with Gasteiger partial charge < -0.3 is 9.52 Å². The van der Waals surface area contributed by atoms with Crippen molar-refractivity contribution in [3.63, 3.8) is 0 Å². The summed E-state index contributed by atoms with van der Waals surface area (Å²) in [6.45, 7) is 6.46. The molecule has 0 spiro atoms. The molecule has 0 fully saturated rings. The van der Waals surface area contributed by atoms with Crippen LogP contribution in [0.2, 0.25) is 19.6 Å². The molecule has 1 aromatic heterocycles. The smallest absolute Gasteiger partial charge is 0.343 e. The Labute approximate surface area is 129 Å². The molecule has 2 rings (SSSR count). The van der Waals surface area contributed by atoms with Gasteiger partial charge in [-0.3, -0.25) is 0 Å². The molecule has 22 heavy (non-hydrogen) atoms. The van der Waals surface area contributed by atoms with Crippen LogP contribution < -0.4 is 5.63 Å². The van der Waals surface area contributed by atoms with E-state index in [9.17, 15) is 9.59 Å². The van der Waals surface area contributed by atoms with Gasteiger partial charge >= 0.3 is 11.6 Å². The van der Waals surface area contributed by atoms with Crippen LogP contribution in [0.25, 0.3) is 17.0 Å². The molecular weight excluding hydrogens is 296 g/mol. The van der Waals surface area contributed by atoms with Gasteiger partial charge in [0, 0.05) is 17.0 Å². The molecule has 112 valence electrons. The van der Waals surface area contributed by atoms with Gasteiger partial charge in [-0.2, -0.15) is 0 Å². The number of aliphatic carboxylic acids is 1. The van der Waals surface area contributed by atoms with Crippen LogP contribution >= 0.6 is 0 Å². The molecule has 1 heterocycles. The summed E-state index contributed by atoms with van der Waals surface area (Å²) in [5.74, 6) is 1.99. The first-order valence-electron chi connectivity index (χ1n) is 6.77. The summed E-state index contributed by atoms with van der Waals surface area (Å²) in [5.41, 5.74) is 4.13. The quantitative estimate of drug-likeness (QED) is 0.400. The van der Waals surface area contributed by atoms with Crippen molar-refractivity contribution in [1.82, 2.24) is 0 Å². The molecule has 0 amide bonds. The van der Waals surface area contributed by atoms with Crippen molar-refractivity contribution < 1.29 is 14.3 Å². The van der Waals surface area contributed by atoms with E-state index in [1.807, 2.05) is 12.1 Å². The molecule has 2 aromatic rings. The van der Waals surface area contributed by atoms with E-state index < -0.39 is 19.7 Å². The van der Waals surface area contributed by atoms with Gasteiger partial charge in [-0.05, 0) is 30.3 Å². The second-order valence-electron chi connectivity index (χ2n) is 5.91. The summed E-state index contributed by atoms with van der Waals surface area (Å²) >= 11 is 0. The van der Waals surface area contributed by atoms with Crippen molar-refractivity contribution in [1.29, 1.82) is 0 Å². The number of benzene rings is 1. The zero-order valence-corrected chi connectivity index (χ0v) is 13.6. The van der Waals surface area contributed by atoms with Crippen LogP contribution in [0.1, 0.15) is 11.1 Å². The molecule has 0 aliphatic carbocycles. The topological polar surface area (TPSA) is 67.5 Å². The van der Waals surface area contributed by atoms with Crippen LogP contribution in [0, 0.1) is 11.5 Å². The number of carbonyl (C=O) groups is 1. The summed E-state index contributed by atoms with van der Waals surface area (Å²) in [5, 5.41) is 9.33. The molecule has 0 saturated carbocycles. The summed E-state index contributed by atoms with van der Waals surface area (Å²) in [6, 6.07) is 7.01. The molecule has 5 heteroatoms. The Hall–Kier alpha value is -2.58. The molecule has 0 unspecified atom stereocenters. The molecule has 0 saturated heterocycles. The number of hydrogen-bond donors (Lipinski definition) is 1. The Morgan fingerprint density at radius 2 is 2.00 bits per heavy atom. The van der Waals surface area contributed by atoms with Crippen molar-refractivity contribution in [2.45, 2.75) is 19.6 Å². The van der Waals surface area contributed by atoms with Crippen LogP contribution in [0.3, 0.4) is 0 Å². The highest BCUT2D eigenvalue weighted by Gasteiger charge is 2.08. The zero-order chi connectivity index (χ0) is 16.3. The maximum atomic E-state index is 11.8. The van der Waals surface area contributed by atoms with Gasteiger partial charge in [-0.1, -0.05) is 25.6 Å². The average molecular weight is 312 g/mol. The second kappa shape index (κ2) is 6.04. The van der Waals surface area contributed by atoms with Gasteiger partial charge in [0.2, 0.25) is 0 Å². The van der Waals surface area contributed by atoms with E-state index in [2.05, 4.69) is 31.1 Å². The Kier molecular flexibility index (Phi) is 4.34. The lowest BCUT2D eigenvalue weighted by atomic mass is 10.1. The van der Waals surface area contributed by atoms with Crippen molar-refractivity contribution in [3.05, 3.63) is 51.9 Å². The van der Waals surface area contributed by atoms with Crippen molar-refractivity contribution in [3.8, 4) is 11.5 Å². The predicted molar refractivity (Wildman–Crippen MR) is 89.4 cm³/mol. The maximum Gasteiger partial charge on any atom is 0.343 e. The molecule has 0 aliphatic heterocycles. The Bertz CT molecular complexity index is 873. The van der Waals surface area contributed by atoms with E-state index in [1.165, 1.54) is 6.08 Å². The highest BCUT2D eigenvalue weighted by atomic mass is 28.3. The van der Waals surface area contributed by atoms with E-state index >= 15 is 0 Å². The lowest BCUT2D eigenvalue weighted by Crippen LogP contribution is -2.16. The largest absolute Gasteiger partial charge is 0.478 e. The third-order valence-electron chi connectivity index (χ3n) is 2.75. The second-order valence-corrected chi connectivity index (χ2v) is 10.7. The number of carboxylic acid groups (broad SMARTS) is 1. The molecular formula is C17H16O4Si. The van der Waals surface area contributed by atoms with Crippen LogP contribution in [-0.4, -0.2) is 19.1 Å². The fourth-order valence-electron chi connectivity index (χ4n) is 1.74. The van der Waals surface area contributed by atoms with Gasteiger partial charge in [0.15, 0.2) is 0 Å². The molecule has 1 aromatic carbocycles. The lowest BCUT2D eigenvalue weighted by Gasteiger charge is -2.03. The monoisotopic (exact) mass is 312 g/mol. The molecule has 0 bridgehead atoms. The van der Waals surface area contributed by atoms with Crippen LogP contribution in [0.4, 0.5) is 0 Å². The minimum Gasteiger partial charge on any atom is -0.478 e. The third kappa shape index (κ3) is 4.20. The number of carboxylic acids is 1. The minimum absolute atomic E-state index is 0.204. The highest BCUT2D eigenvalue weighted by Crippen LogP contribution is 2.16. The van der Waals surface area contributed by atoms with Crippen molar-refractivity contribution >= 4 is 31.1 Å². The van der Waals surface area contributed by atoms with E-state index in [1.54, 1.807) is 12.1 Å². The summed E-state index contributed by atoms with van der Waals surface area (Å²) < 4.78 is 5.24. The Balaban J connectivity index is 2.47. The molecule has 1 N–H and O–H groups in total. The van der Waals surface area contributed by atoms with Gasteiger partial charge in [-0.15, -0.1) is 5.54 Å². The zero-order valence-electron chi connectivity index (χ0n) is 12.6. The third-order valence-corrected chi connectivity index (χ3v) is 3.63. The first-order chi connectivity index (χ1) is 10.2. The van der Waals surface area contributed by atoms with Crippen molar-refractivity contribution in [2.75, 3.05) is 0 Å². The van der Waals surface area contributed by atoms with E-state index in [0.717, 1.165) is 17.0 Å². The molecule has 0 aliphatic rings. The molecule has 4 nitrogen and oxygen atoms in total. The van der Waals surface area contributed by atoms with Gasteiger partial charge in [0.1, 0.15) is 13.7 Å². The van der Waals surface area contributed by atoms with Crippen LogP contribution in [0.15, 0.2) is 39.6 Å². The number of fused-ring (bicyclic) bond motifs is 1. The maximum absolute atomic E-state index is 11.8. The average Bonchev–Trinajstić information content (AvgIpc) is 2.41. The van der Waals surface area contributed by atoms with Gasteiger partial charge in [0.05, 0.1) is 5.56 Å². The fourth-order valence-corrected chi connectivity index (χ4v) is 2.26. The predicted octanol–water partition coefficient (Wildman–Crippen LogP) is 3.12. The number of rotatable bonds is 2. The van der Waals surface area contributed by atoms with Crippen LogP contribution in [0.5, 0.6) is 0 Å². The normalized spacial score (nSPS) is 11.4. The summed E-state index contributed by atoms with van der Waals surface area (Å²) in [7, 11) is -1.47. The molecule has 0 atom stereocenters. The van der Waals surface area contributed by atoms with Crippen molar-refractivity contribution in [2.24, 2.45) is 0 Å². The summed E-state index contributed by atoms with van der Waals surface area (Å²) in [4.78, 5) is 22.3. The first kappa shape index (κ1) is 15.8. The SMILES string of the molecule is C[Si](C)(C)C#Cc1ccc2cc(/C=C/C(=O)O)c(=O)oc2c1. The van der Waals surface area contributed by atoms with Crippen LogP contribution in [-0.2, 0) is 4.79 Å². The standard InChI is InChI=1S/C17H16O4Si/c1-22(2,3)9-8-12-4-5-13-11-14(6-7-16(18)19)17(20)21-15(13)10-12/h4-7,10-11H,1-3H3,(H,18,19)/b7-6+. The fraction of sp³-hybridized carbons (Fsp3) is 0.176. The Morgan fingerprint density at radius 3 is 2.64 bits per heavy atom. The van der Waals surface area contributed by atoms with E-state index in [-0.39, 0.29) is 5.56 Å². The first-order valence-corrected chi connectivity index (χ1v) is 10.3. The Morgan fingerprint density at radius 1 is 1.27 bits per heavy atom.